The van der Waals surface area contributed by atoms with Crippen molar-refractivity contribution < 1.29 is 14.3 Å². The van der Waals surface area contributed by atoms with Crippen LogP contribution in [0.2, 0.25) is 0 Å². The van der Waals surface area contributed by atoms with E-state index in [1.807, 2.05) is 29.6 Å². The molecular formula is C20H17N3O3S. The van der Waals surface area contributed by atoms with Gasteiger partial charge in [-0.1, -0.05) is 6.07 Å². The second-order valence-corrected chi connectivity index (χ2v) is 6.49. The molecule has 6 nitrogen and oxygen atoms in total. The van der Waals surface area contributed by atoms with Crippen LogP contribution >= 0.6 is 11.3 Å². The molecule has 3 rings (SSSR count). The second-order valence-electron chi connectivity index (χ2n) is 5.63. The second kappa shape index (κ2) is 8.34. The van der Waals surface area contributed by atoms with E-state index in [4.69, 9.17) is 14.7 Å². The van der Waals surface area contributed by atoms with E-state index in [0.29, 0.717) is 28.4 Å². The molecule has 2 aromatic carbocycles. The van der Waals surface area contributed by atoms with Gasteiger partial charge >= 0.3 is 0 Å². The van der Waals surface area contributed by atoms with Gasteiger partial charge in [-0.2, -0.15) is 5.26 Å². The number of ether oxygens (including phenoxy) is 2. The molecule has 0 aliphatic rings. The lowest BCUT2D eigenvalue weighted by Gasteiger charge is -2.08. The lowest BCUT2D eigenvalue weighted by Crippen LogP contribution is -2.14. The lowest BCUT2D eigenvalue weighted by molar-refractivity contribution is -0.115. The zero-order valence-corrected chi connectivity index (χ0v) is 15.7. The van der Waals surface area contributed by atoms with Gasteiger partial charge in [0, 0.05) is 16.6 Å². The largest absolute Gasteiger partial charge is 0.493 e. The maximum Gasteiger partial charge on any atom is 0.230 e. The summed E-state index contributed by atoms with van der Waals surface area (Å²) in [6.45, 7) is 0. The third-order valence-electron chi connectivity index (χ3n) is 3.80. The van der Waals surface area contributed by atoms with E-state index < -0.39 is 0 Å². The first-order valence-corrected chi connectivity index (χ1v) is 8.97. The van der Waals surface area contributed by atoms with E-state index in [9.17, 15) is 4.79 Å². The molecule has 3 aromatic rings. The van der Waals surface area contributed by atoms with E-state index in [-0.39, 0.29) is 12.3 Å². The van der Waals surface area contributed by atoms with Crippen molar-refractivity contribution >= 4 is 22.9 Å². The summed E-state index contributed by atoms with van der Waals surface area (Å²) in [5, 5.41) is 14.4. The Morgan fingerprint density at radius 1 is 1.19 bits per heavy atom. The zero-order valence-electron chi connectivity index (χ0n) is 14.9. The van der Waals surface area contributed by atoms with Crippen molar-refractivity contribution in [2.45, 2.75) is 6.42 Å². The molecule has 0 atom stereocenters. The summed E-state index contributed by atoms with van der Waals surface area (Å²) >= 11 is 1.46. The third kappa shape index (κ3) is 4.43. The SMILES string of the molecule is COc1ccc(-c2nc(CC(=O)Nc3cccc(C#N)c3)cs2)cc1OC. The Balaban J connectivity index is 1.70. The predicted molar refractivity (Wildman–Crippen MR) is 104 cm³/mol. The minimum absolute atomic E-state index is 0.153. The number of rotatable bonds is 6. The lowest BCUT2D eigenvalue weighted by atomic mass is 10.2. The monoisotopic (exact) mass is 379 g/mol. The normalized spacial score (nSPS) is 10.1. The fraction of sp³-hybridized carbons (Fsp3) is 0.150. The minimum Gasteiger partial charge on any atom is -0.493 e. The minimum atomic E-state index is -0.186. The molecular weight excluding hydrogens is 362 g/mol. The van der Waals surface area contributed by atoms with Gasteiger partial charge in [0.15, 0.2) is 11.5 Å². The van der Waals surface area contributed by atoms with Crippen molar-refractivity contribution in [2.24, 2.45) is 0 Å². The van der Waals surface area contributed by atoms with Crippen LogP contribution < -0.4 is 14.8 Å². The average molecular weight is 379 g/mol. The highest BCUT2D eigenvalue weighted by molar-refractivity contribution is 7.13. The standard InChI is InChI=1S/C20H17N3O3S/c1-25-17-7-6-14(9-18(17)26-2)20-23-16(12-27-20)10-19(24)22-15-5-3-4-13(8-15)11-21/h3-9,12H,10H2,1-2H3,(H,22,24). The number of hydrogen-bond donors (Lipinski definition) is 1. The topological polar surface area (TPSA) is 84.2 Å². The van der Waals surface area contributed by atoms with Crippen molar-refractivity contribution in [3.63, 3.8) is 0 Å². The molecule has 0 saturated carbocycles. The number of nitrogens with one attached hydrogen (secondary N) is 1. The number of nitrogens with zero attached hydrogens (tertiary/aromatic N) is 2. The molecule has 0 spiro atoms. The van der Waals surface area contributed by atoms with Crippen molar-refractivity contribution in [3.05, 3.63) is 59.1 Å². The van der Waals surface area contributed by atoms with Gasteiger partial charge in [-0.15, -0.1) is 11.3 Å². The number of hydrogen-bond acceptors (Lipinski definition) is 6. The van der Waals surface area contributed by atoms with E-state index in [2.05, 4.69) is 10.3 Å². The first-order valence-electron chi connectivity index (χ1n) is 8.09. The Morgan fingerprint density at radius 2 is 2.00 bits per heavy atom. The quantitative estimate of drug-likeness (QED) is 0.703. The Morgan fingerprint density at radius 3 is 2.74 bits per heavy atom. The number of methoxy groups -OCH3 is 2. The fourth-order valence-corrected chi connectivity index (χ4v) is 3.34. The molecule has 1 heterocycles. The summed E-state index contributed by atoms with van der Waals surface area (Å²) in [6, 6.07) is 14.4. The molecule has 1 amide bonds. The molecule has 0 radical (unpaired) electrons. The summed E-state index contributed by atoms with van der Waals surface area (Å²) < 4.78 is 10.6. The number of amides is 1. The van der Waals surface area contributed by atoms with Crippen molar-refractivity contribution in [1.82, 2.24) is 4.98 Å². The maximum absolute atomic E-state index is 12.2. The van der Waals surface area contributed by atoms with Crippen LogP contribution in [-0.2, 0) is 11.2 Å². The van der Waals surface area contributed by atoms with E-state index in [1.165, 1.54) is 11.3 Å². The Bertz CT molecular complexity index is 1010. The molecule has 27 heavy (non-hydrogen) atoms. The number of aromatic nitrogens is 1. The summed E-state index contributed by atoms with van der Waals surface area (Å²) in [5.74, 6) is 1.09. The van der Waals surface area contributed by atoms with Crippen LogP contribution in [0.1, 0.15) is 11.3 Å². The van der Waals surface area contributed by atoms with Crippen LogP contribution in [0.3, 0.4) is 0 Å². The number of thiazole rings is 1. The van der Waals surface area contributed by atoms with E-state index >= 15 is 0 Å². The highest BCUT2D eigenvalue weighted by Crippen LogP contribution is 2.33. The van der Waals surface area contributed by atoms with Crippen LogP contribution in [0.15, 0.2) is 47.8 Å². The van der Waals surface area contributed by atoms with Crippen LogP contribution in [-0.4, -0.2) is 25.1 Å². The van der Waals surface area contributed by atoms with E-state index in [0.717, 1.165) is 10.6 Å². The van der Waals surface area contributed by atoms with Gasteiger partial charge in [0.25, 0.3) is 0 Å². The highest BCUT2D eigenvalue weighted by atomic mass is 32.1. The Labute approximate surface area is 161 Å². The third-order valence-corrected chi connectivity index (χ3v) is 4.74. The number of anilines is 1. The molecule has 1 N–H and O–H groups in total. The summed E-state index contributed by atoms with van der Waals surface area (Å²) in [4.78, 5) is 16.8. The van der Waals surface area contributed by atoms with Gasteiger partial charge in [0.1, 0.15) is 5.01 Å². The van der Waals surface area contributed by atoms with Crippen molar-refractivity contribution in [1.29, 1.82) is 5.26 Å². The molecule has 136 valence electrons. The number of carbonyl (C=O) groups excluding carboxylic acids is 1. The van der Waals surface area contributed by atoms with E-state index in [1.54, 1.807) is 38.5 Å². The maximum atomic E-state index is 12.2. The smallest absolute Gasteiger partial charge is 0.230 e. The molecule has 1 aromatic heterocycles. The molecule has 0 aliphatic heterocycles. The average Bonchev–Trinajstić information content (AvgIpc) is 3.15. The van der Waals surface area contributed by atoms with Crippen LogP contribution in [0.4, 0.5) is 5.69 Å². The number of carbonyl (C=O) groups is 1. The molecule has 0 bridgehead atoms. The summed E-state index contributed by atoms with van der Waals surface area (Å²) in [5.41, 5.74) is 2.66. The fourth-order valence-electron chi connectivity index (χ4n) is 2.53. The first-order chi connectivity index (χ1) is 13.1. The van der Waals surface area contributed by atoms with Crippen LogP contribution in [0, 0.1) is 11.3 Å². The van der Waals surface area contributed by atoms with Crippen molar-refractivity contribution in [3.8, 4) is 28.1 Å². The summed E-state index contributed by atoms with van der Waals surface area (Å²) in [7, 11) is 3.17. The van der Waals surface area contributed by atoms with Gasteiger partial charge in [-0.3, -0.25) is 4.79 Å². The van der Waals surface area contributed by atoms with Crippen molar-refractivity contribution in [2.75, 3.05) is 19.5 Å². The van der Waals surface area contributed by atoms with Gasteiger partial charge < -0.3 is 14.8 Å². The highest BCUT2D eigenvalue weighted by Gasteiger charge is 2.12. The number of nitriles is 1. The Hall–Kier alpha value is -3.37. The van der Waals surface area contributed by atoms with Crippen LogP contribution in [0.25, 0.3) is 10.6 Å². The summed E-state index contributed by atoms with van der Waals surface area (Å²) in [6.07, 6.45) is 0.153. The Kier molecular flexibility index (Phi) is 5.69. The molecule has 0 saturated heterocycles. The number of benzene rings is 2. The first kappa shape index (κ1) is 18.4. The van der Waals surface area contributed by atoms with Gasteiger partial charge in [-0.25, -0.2) is 4.98 Å². The zero-order chi connectivity index (χ0) is 19.2. The van der Waals surface area contributed by atoms with Gasteiger partial charge in [0.05, 0.1) is 38.0 Å². The van der Waals surface area contributed by atoms with Gasteiger partial charge in [-0.05, 0) is 36.4 Å². The van der Waals surface area contributed by atoms with Crippen LogP contribution in [0.5, 0.6) is 11.5 Å². The molecule has 0 fully saturated rings. The molecule has 0 unspecified atom stereocenters. The van der Waals surface area contributed by atoms with Gasteiger partial charge in [0.2, 0.25) is 5.91 Å². The molecule has 0 aliphatic carbocycles. The molecule has 7 heteroatoms. The predicted octanol–water partition coefficient (Wildman–Crippen LogP) is 3.88.